The molecule has 0 N–H and O–H groups in total. The molecule has 1 heterocycles. The average molecular weight is 237 g/mol. The molecule has 0 saturated heterocycles. The molecule has 2 unspecified atom stereocenters. The summed E-state index contributed by atoms with van der Waals surface area (Å²) in [6.07, 6.45) is 4.95. The van der Waals surface area contributed by atoms with Crippen molar-refractivity contribution in [2.45, 2.75) is 46.1 Å². The maximum absolute atomic E-state index is 13.0. The van der Waals surface area contributed by atoms with E-state index in [-0.39, 0.29) is 6.10 Å². The van der Waals surface area contributed by atoms with E-state index in [2.05, 4.69) is 25.8 Å². The Labute approximate surface area is 102 Å². The van der Waals surface area contributed by atoms with Gasteiger partial charge in [0.15, 0.2) is 0 Å². The summed E-state index contributed by atoms with van der Waals surface area (Å²) in [4.78, 5) is 3.53. The Hall–Kier alpha value is -1.12. The first kappa shape index (κ1) is 12.3. The summed E-state index contributed by atoms with van der Waals surface area (Å²) in [7, 11) is 0. The van der Waals surface area contributed by atoms with Crippen molar-refractivity contribution in [3.63, 3.8) is 0 Å². The molecule has 0 amide bonds. The molecule has 0 bridgehead atoms. The number of aromatic nitrogens is 1. The van der Waals surface area contributed by atoms with E-state index in [1.807, 2.05) is 0 Å². The van der Waals surface area contributed by atoms with Crippen LogP contribution in [-0.4, -0.2) is 11.1 Å². The van der Waals surface area contributed by atoms with Crippen molar-refractivity contribution in [1.29, 1.82) is 0 Å². The van der Waals surface area contributed by atoms with E-state index in [9.17, 15) is 4.39 Å². The van der Waals surface area contributed by atoms with Crippen LogP contribution in [0.2, 0.25) is 0 Å². The van der Waals surface area contributed by atoms with Crippen molar-refractivity contribution >= 4 is 0 Å². The molecule has 94 valence electrons. The van der Waals surface area contributed by atoms with Crippen LogP contribution >= 0.6 is 0 Å². The fraction of sp³-hybridized carbons (Fsp3) is 0.643. The fourth-order valence-electron chi connectivity index (χ4n) is 3.00. The van der Waals surface area contributed by atoms with Gasteiger partial charge in [-0.3, -0.25) is 0 Å². The van der Waals surface area contributed by atoms with E-state index >= 15 is 0 Å². The highest BCUT2D eigenvalue weighted by Crippen LogP contribution is 2.39. The summed E-state index contributed by atoms with van der Waals surface area (Å²) in [5.74, 6) is 0.772. The van der Waals surface area contributed by atoms with E-state index in [1.54, 1.807) is 6.07 Å². The van der Waals surface area contributed by atoms with Gasteiger partial charge >= 0.3 is 0 Å². The highest BCUT2D eigenvalue weighted by molar-refractivity contribution is 5.18. The van der Waals surface area contributed by atoms with E-state index in [1.165, 1.54) is 18.7 Å². The van der Waals surface area contributed by atoms with E-state index in [0.717, 1.165) is 12.8 Å². The number of halogens is 1. The Morgan fingerprint density at radius 2 is 2.18 bits per heavy atom. The molecular formula is C14H20FNO. The standard InChI is InChI=1S/C14H20FNO/c1-10-6-12(9-14(2,3)8-10)17-11-4-5-16-13(15)7-11/h4-5,7,10,12H,6,8-9H2,1-3H3. The first-order valence-electron chi connectivity index (χ1n) is 6.23. The summed E-state index contributed by atoms with van der Waals surface area (Å²) in [6, 6.07) is 3.07. The lowest BCUT2D eigenvalue weighted by Gasteiger charge is -2.38. The van der Waals surface area contributed by atoms with Gasteiger partial charge < -0.3 is 4.74 Å². The van der Waals surface area contributed by atoms with E-state index in [0.29, 0.717) is 17.1 Å². The summed E-state index contributed by atoms with van der Waals surface area (Å²) < 4.78 is 18.8. The third kappa shape index (κ3) is 3.42. The van der Waals surface area contributed by atoms with Gasteiger partial charge in [0.05, 0.1) is 6.10 Å². The Morgan fingerprint density at radius 1 is 1.41 bits per heavy atom. The Morgan fingerprint density at radius 3 is 2.82 bits per heavy atom. The van der Waals surface area contributed by atoms with Crippen molar-refractivity contribution in [3.8, 4) is 5.75 Å². The fourth-order valence-corrected chi connectivity index (χ4v) is 3.00. The number of nitrogens with zero attached hydrogens (tertiary/aromatic N) is 1. The summed E-state index contributed by atoms with van der Waals surface area (Å²) in [6.45, 7) is 6.79. The molecule has 0 radical (unpaired) electrons. The largest absolute Gasteiger partial charge is 0.490 e. The van der Waals surface area contributed by atoms with Gasteiger partial charge in [0.2, 0.25) is 5.95 Å². The van der Waals surface area contributed by atoms with Gasteiger partial charge in [0.1, 0.15) is 5.75 Å². The number of hydrogen-bond acceptors (Lipinski definition) is 2. The van der Waals surface area contributed by atoms with Gasteiger partial charge in [-0.15, -0.1) is 0 Å². The predicted molar refractivity (Wildman–Crippen MR) is 65.4 cm³/mol. The topological polar surface area (TPSA) is 22.1 Å². The normalized spacial score (nSPS) is 27.8. The third-order valence-electron chi connectivity index (χ3n) is 3.35. The molecule has 1 aromatic heterocycles. The minimum Gasteiger partial charge on any atom is -0.490 e. The monoisotopic (exact) mass is 237 g/mol. The zero-order chi connectivity index (χ0) is 12.5. The lowest BCUT2D eigenvalue weighted by atomic mass is 9.71. The van der Waals surface area contributed by atoms with Gasteiger partial charge in [-0.05, 0) is 36.7 Å². The Balaban J connectivity index is 2.03. The van der Waals surface area contributed by atoms with Gasteiger partial charge in [-0.2, -0.15) is 4.39 Å². The van der Waals surface area contributed by atoms with Gasteiger partial charge in [0, 0.05) is 12.3 Å². The Kier molecular flexibility index (Phi) is 3.36. The summed E-state index contributed by atoms with van der Waals surface area (Å²) in [5, 5.41) is 0. The molecular weight excluding hydrogens is 217 g/mol. The zero-order valence-corrected chi connectivity index (χ0v) is 10.7. The molecule has 0 spiro atoms. The quantitative estimate of drug-likeness (QED) is 0.730. The minimum absolute atomic E-state index is 0.190. The van der Waals surface area contributed by atoms with Crippen LogP contribution < -0.4 is 4.74 Å². The van der Waals surface area contributed by atoms with E-state index < -0.39 is 5.95 Å². The van der Waals surface area contributed by atoms with Crippen molar-refractivity contribution in [2.24, 2.45) is 11.3 Å². The molecule has 2 atom stereocenters. The highest BCUT2D eigenvalue weighted by Gasteiger charge is 2.33. The summed E-state index contributed by atoms with van der Waals surface area (Å²) >= 11 is 0. The molecule has 1 aromatic rings. The van der Waals surface area contributed by atoms with Crippen molar-refractivity contribution in [1.82, 2.24) is 4.98 Å². The molecule has 0 aliphatic heterocycles. The van der Waals surface area contributed by atoms with Crippen molar-refractivity contribution in [2.75, 3.05) is 0 Å². The van der Waals surface area contributed by atoms with Crippen LogP contribution in [0.1, 0.15) is 40.0 Å². The van der Waals surface area contributed by atoms with Crippen LogP contribution in [0.4, 0.5) is 4.39 Å². The molecule has 2 nitrogen and oxygen atoms in total. The molecule has 1 fully saturated rings. The van der Waals surface area contributed by atoms with Crippen LogP contribution in [0.3, 0.4) is 0 Å². The number of hydrogen-bond donors (Lipinski definition) is 0. The molecule has 3 heteroatoms. The van der Waals surface area contributed by atoms with Crippen LogP contribution in [-0.2, 0) is 0 Å². The van der Waals surface area contributed by atoms with Crippen molar-refractivity contribution < 1.29 is 9.13 Å². The second kappa shape index (κ2) is 4.63. The molecule has 1 saturated carbocycles. The molecule has 0 aromatic carbocycles. The SMILES string of the molecule is CC1CC(Oc2ccnc(F)c2)CC(C)(C)C1. The van der Waals surface area contributed by atoms with Crippen LogP contribution in [0.15, 0.2) is 18.3 Å². The van der Waals surface area contributed by atoms with Gasteiger partial charge in [0.25, 0.3) is 0 Å². The van der Waals surface area contributed by atoms with Gasteiger partial charge in [-0.1, -0.05) is 20.8 Å². The lowest BCUT2D eigenvalue weighted by Crippen LogP contribution is -2.34. The van der Waals surface area contributed by atoms with Crippen LogP contribution in [0.25, 0.3) is 0 Å². The third-order valence-corrected chi connectivity index (χ3v) is 3.35. The van der Waals surface area contributed by atoms with E-state index in [4.69, 9.17) is 4.74 Å². The number of ether oxygens (including phenoxy) is 1. The van der Waals surface area contributed by atoms with Crippen LogP contribution in [0, 0.1) is 17.3 Å². The predicted octanol–water partition coefficient (Wildman–Crippen LogP) is 3.81. The second-order valence-electron chi connectivity index (χ2n) is 5.97. The first-order valence-corrected chi connectivity index (χ1v) is 6.23. The average Bonchev–Trinajstić information content (AvgIpc) is 2.13. The minimum atomic E-state index is -0.481. The highest BCUT2D eigenvalue weighted by atomic mass is 19.1. The first-order chi connectivity index (χ1) is 7.94. The van der Waals surface area contributed by atoms with Gasteiger partial charge in [-0.25, -0.2) is 4.98 Å². The Bertz CT molecular complexity index is 392. The molecule has 17 heavy (non-hydrogen) atoms. The maximum atomic E-state index is 13.0. The number of rotatable bonds is 2. The molecule has 1 aliphatic rings. The maximum Gasteiger partial charge on any atom is 0.216 e. The zero-order valence-electron chi connectivity index (χ0n) is 10.7. The van der Waals surface area contributed by atoms with Crippen LogP contribution in [0.5, 0.6) is 5.75 Å². The summed E-state index contributed by atoms with van der Waals surface area (Å²) in [5.41, 5.74) is 0.313. The lowest BCUT2D eigenvalue weighted by molar-refractivity contribution is 0.0560. The molecule has 2 rings (SSSR count). The van der Waals surface area contributed by atoms with Crippen molar-refractivity contribution in [3.05, 3.63) is 24.3 Å². The smallest absolute Gasteiger partial charge is 0.216 e. The number of pyridine rings is 1. The second-order valence-corrected chi connectivity index (χ2v) is 5.97. The molecule has 1 aliphatic carbocycles.